The Hall–Kier alpha value is -0.940. The molecule has 2 rings (SSSR count). The Morgan fingerprint density at radius 3 is 3.20 bits per heavy atom. The molecule has 0 saturated carbocycles. The molecule has 1 aliphatic heterocycles. The summed E-state index contributed by atoms with van der Waals surface area (Å²) in [6.07, 6.45) is 2.37. The van der Waals surface area contributed by atoms with E-state index in [9.17, 15) is 4.79 Å². The van der Waals surface area contributed by atoms with Crippen molar-refractivity contribution in [1.82, 2.24) is 9.88 Å². The minimum atomic E-state index is -0.813. The molecule has 0 aromatic carbocycles. The van der Waals surface area contributed by atoms with Crippen LogP contribution in [0.3, 0.4) is 0 Å². The largest absolute Gasteiger partial charge is 0.481 e. The number of carbonyl (C=O) groups is 1. The van der Waals surface area contributed by atoms with Crippen LogP contribution in [0.2, 0.25) is 0 Å². The summed E-state index contributed by atoms with van der Waals surface area (Å²) in [5.41, 5.74) is 0.683. The van der Waals surface area contributed by atoms with E-state index in [1.54, 1.807) is 11.3 Å². The molecule has 1 aliphatic rings. The van der Waals surface area contributed by atoms with Gasteiger partial charge in [0, 0.05) is 5.38 Å². The second-order valence-corrected chi connectivity index (χ2v) is 4.78. The van der Waals surface area contributed by atoms with Gasteiger partial charge >= 0.3 is 5.97 Å². The van der Waals surface area contributed by atoms with Crippen LogP contribution in [0.5, 0.6) is 0 Å². The summed E-state index contributed by atoms with van der Waals surface area (Å²) >= 11 is 1.58. The molecule has 15 heavy (non-hydrogen) atoms. The van der Waals surface area contributed by atoms with E-state index >= 15 is 0 Å². The molecule has 0 spiro atoms. The molecular formula is C10H14N2O2S. The van der Waals surface area contributed by atoms with Gasteiger partial charge in [0.1, 0.15) is 5.01 Å². The topological polar surface area (TPSA) is 53.4 Å². The zero-order valence-corrected chi connectivity index (χ0v) is 9.46. The monoisotopic (exact) mass is 226 g/mol. The van der Waals surface area contributed by atoms with E-state index in [0.717, 1.165) is 18.0 Å². The molecule has 0 amide bonds. The predicted octanol–water partition coefficient (Wildman–Crippen LogP) is 1.54. The average Bonchev–Trinajstić information content (AvgIpc) is 2.72. The summed E-state index contributed by atoms with van der Waals surface area (Å²) in [5, 5.41) is 11.6. The van der Waals surface area contributed by atoms with Gasteiger partial charge in [-0.05, 0) is 26.4 Å². The number of aliphatic carboxylic acids is 1. The Bertz CT molecular complexity index is 364. The molecule has 4 nitrogen and oxygen atoms in total. The molecule has 1 atom stereocenters. The van der Waals surface area contributed by atoms with Gasteiger partial charge in [-0.3, -0.25) is 9.69 Å². The third-order valence-corrected chi connectivity index (χ3v) is 3.70. The Morgan fingerprint density at radius 2 is 2.60 bits per heavy atom. The van der Waals surface area contributed by atoms with Crippen LogP contribution in [-0.2, 0) is 11.2 Å². The van der Waals surface area contributed by atoms with Gasteiger partial charge in [0.2, 0.25) is 0 Å². The zero-order chi connectivity index (χ0) is 10.8. The first-order valence-electron chi connectivity index (χ1n) is 5.03. The maximum Gasteiger partial charge on any atom is 0.309 e. The summed E-state index contributed by atoms with van der Waals surface area (Å²) in [4.78, 5) is 17.2. The quantitative estimate of drug-likeness (QED) is 0.849. The van der Waals surface area contributed by atoms with E-state index in [-0.39, 0.29) is 6.42 Å². The second kappa shape index (κ2) is 4.28. The maximum atomic E-state index is 10.5. The fraction of sp³-hybridized carbons (Fsp3) is 0.600. The Morgan fingerprint density at radius 1 is 1.80 bits per heavy atom. The molecule has 1 fully saturated rings. The fourth-order valence-corrected chi connectivity index (χ4v) is 2.95. The standard InChI is InChI=1S/C10H14N2O2S/c1-12-4-2-3-8(12)10-11-7(6-15-10)5-9(13)14/h6,8H,2-5H2,1H3,(H,13,14). The van der Waals surface area contributed by atoms with Crippen molar-refractivity contribution in [2.45, 2.75) is 25.3 Å². The first-order valence-corrected chi connectivity index (χ1v) is 5.91. The summed E-state index contributed by atoms with van der Waals surface area (Å²) in [5.74, 6) is -0.813. The third-order valence-electron chi connectivity index (χ3n) is 2.71. The number of likely N-dealkylation sites (tertiary alicyclic amines) is 1. The lowest BCUT2D eigenvalue weighted by Crippen LogP contribution is -2.17. The summed E-state index contributed by atoms with van der Waals surface area (Å²) < 4.78 is 0. The number of nitrogens with zero attached hydrogens (tertiary/aromatic N) is 2. The zero-order valence-electron chi connectivity index (χ0n) is 8.64. The third kappa shape index (κ3) is 2.35. The number of thiazole rings is 1. The molecule has 1 unspecified atom stereocenters. The van der Waals surface area contributed by atoms with Crippen molar-refractivity contribution < 1.29 is 9.90 Å². The lowest BCUT2D eigenvalue weighted by Gasteiger charge is -2.16. The van der Waals surface area contributed by atoms with E-state index < -0.39 is 5.97 Å². The van der Waals surface area contributed by atoms with Crippen LogP contribution in [0.15, 0.2) is 5.38 Å². The summed E-state index contributed by atoms with van der Waals surface area (Å²) in [6.45, 7) is 1.11. The van der Waals surface area contributed by atoms with Crippen LogP contribution in [0.25, 0.3) is 0 Å². The summed E-state index contributed by atoms with van der Waals surface area (Å²) in [7, 11) is 2.09. The molecule has 0 bridgehead atoms. The molecular weight excluding hydrogens is 212 g/mol. The second-order valence-electron chi connectivity index (χ2n) is 3.89. The SMILES string of the molecule is CN1CCCC1c1nc(CC(=O)O)cs1. The summed E-state index contributed by atoms with van der Waals surface area (Å²) in [6, 6.07) is 0.401. The van der Waals surface area contributed by atoms with Crippen molar-refractivity contribution in [3.05, 3.63) is 16.1 Å². The van der Waals surface area contributed by atoms with Gasteiger partial charge in [-0.15, -0.1) is 11.3 Å². The minimum Gasteiger partial charge on any atom is -0.481 e. The Balaban J connectivity index is 2.09. The Labute approximate surface area is 92.6 Å². The number of aromatic nitrogens is 1. The van der Waals surface area contributed by atoms with Crippen molar-refractivity contribution >= 4 is 17.3 Å². The van der Waals surface area contributed by atoms with Crippen molar-refractivity contribution in [2.75, 3.05) is 13.6 Å². The number of hydrogen-bond donors (Lipinski definition) is 1. The highest BCUT2D eigenvalue weighted by Crippen LogP contribution is 2.32. The van der Waals surface area contributed by atoms with Gasteiger partial charge in [-0.2, -0.15) is 0 Å². The first-order chi connectivity index (χ1) is 7.16. The van der Waals surface area contributed by atoms with Crippen molar-refractivity contribution in [3.63, 3.8) is 0 Å². The van der Waals surface area contributed by atoms with Crippen LogP contribution < -0.4 is 0 Å². The van der Waals surface area contributed by atoms with Gasteiger partial charge in [-0.1, -0.05) is 0 Å². The van der Waals surface area contributed by atoms with Gasteiger partial charge in [-0.25, -0.2) is 4.98 Å². The van der Waals surface area contributed by atoms with E-state index in [1.807, 2.05) is 5.38 Å². The number of hydrogen-bond acceptors (Lipinski definition) is 4. The van der Waals surface area contributed by atoms with Crippen LogP contribution in [-0.4, -0.2) is 34.6 Å². The molecule has 82 valence electrons. The van der Waals surface area contributed by atoms with Crippen LogP contribution in [0.4, 0.5) is 0 Å². The van der Waals surface area contributed by atoms with Crippen molar-refractivity contribution in [3.8, 4) is 0 Å². The highest BCUT2D eigenvalue weighted by Gasteiger charge is 2.25. The van der Waals surface area contributed by atoms with E-state index in [0.29, 0.717) is 11.7 Å². The lowest BCUT2D eigenvalue weighted by molar-refractivity contribution is -0.136. The lowest BCUT2D eigenvalue weighted by atomic mass is 10.2. The fourth-order valence-electron chi connectivity index (χ4n) is 1.93. The maximum absolute atomic E-state index is 10.5. The number of carboxylic acids is 1. The van der Waals surface area contributed by atoms with Gasteiger partial charge in [0.25, 0.3) is 0 Å². The minimum absolute atomic E-state index is 0.0347. The molecule has 0 aliphatic carbocycles. The molecule has 1 aromatic heterocycles. The molecule has 1 saturated heterocycles. The molecule has 1 aromatic rings. The smallest absolute Gasteiger partial charge is 0.309 e. The van der Waals surface area contributed by atoms with E-state index in [4.69, 9.17) is 5.11 Å². The van der Waals surface area contributed by atoms with Gasteiger partial charge in [0.05, 0.1) is 18.2 Å². The normalized spacial score (nSPS) is 22.1. The van der Waals surface area contributed by atoms with E-state index in [1.165, 1.54) is 6.42 Å². The molecule has 2 heterocycles. The molecule has 1 N–H and O–H groups in total. The van der Waals surface area contributed by atoms with Crippen LogP contribution >= 0.6 is 11.3 Å². The van der Waals surface area contributed by atoms with E-state index in [2.05, 4.69) is 16.9 Å². The first kappa shape index (κ1) is 10.6. The number of carboxylic acid groups (broad SMARTS) is 1. The Kier molecular flexibility index (Phi) is 3.02. The van der Waals surface area contributed by atoms with Crippen molar-refractivity contribution in [1.29, 1.82) is 0 Å². The van der Waals surface area contributed by atoms with Crippen LogP contribution in [0.1, 0.15) is 29.6 Å². The van der Waals surface area contributed by atoms with Gasteiger partial charge < -0.3 is 5.11 Å². The van der Waals surface area contributed by atoms with Crippen molar-refractivity contribution in [2.24, 2.45) is 0 Å². The van der Waals surface area contributed by atoms with Gasteiger partial charge in [0.15, 0.2) is 0 Å². The molecule has 5 heteroatoms. The predicted molar refractivity (Wildman–Crippen MR) is 58.1 cm³/mol. The highest BCUT2D eigenvalue weighted by atomic mass is 32.1. The highest BCUT2D eigenvalue weighted by molar-refractivity contribution is 7.09. The number of rotatable bonds is 3. The van der Waals surface area contributed by atoms with Crippen LogP contribution in [0, 0.1) is 0 Å². The average molecular weight is 226 g/mol. The molecule has 0 radical (unpaired) electrons.